The molecule has 0 bridgehead atoms. The van der Waals surface area contributed by atoms with E-state index >= 15 is 0 Å². The maximum Gasteiger partial charge on any atom is 0.338 e. The molecule has 0 unspecified atom stereocenters. The lowest BCUT2D eigenvalue weighted by Gasteiger charge is -2.13. The molecule has 7 heteroatoms. The Morgan fingerprint density at radius 1 is 1.09 bits per heavy atom. The zero-order valence-electron chi connectivity index (χ0n) is 13.7. The first kappa shape index (κ1) is 18.6. The molecule has 0 spiro atoms. The van der Waals surface area contributed by atoms with Crippen LogP contribution in [0.25, 0.3) is 0 Å². The van der Waals surface area contributed by atoms with Crippen molar-refractivity contribution in [3.05, 3.63) is 35.4 Å². The van der Waals surface area contributed by atoms with Crippen molar-refractivity contribution in [2.24, 2.45) is 0 Å². The van der Waals surface area contributed by atoms with Gasteiger partial charge in [0.05, 0.1) is 18.3 Å². The third-order valence-electron chi connectivity index (χ3n) is 2.89. The molecule has 0 saturated carbocycles. The minimum absolute atomic E-state index is 0.124. The van der Waals surface area contributed by atoms with Crippen molar-refractivity contribution in [2.45, 2.75) is 39.6 Å². The Morgan fingerprint density at radius 3 is 2.22 bits per heavy atom. The van der Waals surface area contributed by atoms with Crippen LogP contribution in [0.2, 0.25) is 0 Å². The number of nitrogens with one attached hydrogen (secondary N) is 2. The number of amides is 3. The monoisotopic (exact) mass is 322 g/mol. The van der Waals surface area contributed by atoms with E-state index in [-0.39, 0.29) is 6.10 Å². The highest BCUT2D eigenvalue weighted by Crippen LogP contribution is 2.09. The molecule has 0 fully saturated rings. The van der Waals surface area contributed by atoms with Crippen LogP contribution in [0.15, 0.2) is 24.3 Å². The number of esters is 1. The maximum absolute atomic E-state index is 12.0. The number of urea groups is 1. The van der Waals surface area contributed by atoms with Crippen molar-refractivity contribution in [1.82, 2.24) is 10.6 Å². The van der Waals surface area contributed by atoms with Gasteiger partial charge in [-0.05, 0) is 38.5 Å². The van der Waals surface area contributed by atoms with Crippen molar-refractivity contribution in [2.75, 3.05) is 7.05 Å². The lowest BCUT2D eigenvalue weighted by atomic mass is 10.1. The quantitative estimate of drug-likeness (QED) is 0.776. The molecule has 2 N–H and O–H groups in total. The smallest absolute Gasteiger partial charge is 0.338 e. The second-order valence-electron chi connectivity index (χ2n) is 5.17. The highest BCUT2D eigenvalue weighted by molar-refractivity contribution is 5.98. The van der Waals surface area contributed by atoms with E-state index in [1.807, 2.05) is 19.2 Å². The normalized spacial score (nSPS) is 11.7. The van der Waals surface area contributed by atoms with Crippen molar-refractivity contribution in [1.29, 1.82) is 0 Å². The zero-order chi connectivity index (χ0) is 17.4. The molecule has 3 amide bonds. The lowest BCUT2D eigenvalue weighted by molar-refractivity contribution is -0.127. The van der Waals surface area contributed by atoms with Crippen LogP contribution in [0.5, 0.6) is 0 Å². The first-order valence-electron chi connectivity index (χ1n) is 7.27. The molecule has 23 heavy (non-hydrogen) atoms. The van der Waals surface area contributed by atoms with E-state index in [1.54, 1.807) is 24.3 Å². The maximum atomic E-state index is 12.0. The van der Waals surface area contributed by atoms with Crippen molar-refractivity contribution < 1.29 is 23.9 Å². The molecule has 0 radical (unpaired) electrons. The molecule has 0 aliphatic heterocycles. The summed E-state index contributed by atoms with van der Waals surface area (Å²) in [5.74, 6) is -1.33. The van der Waals surface area contributed by atoms with E-state index in [0.717, 1.165) is 5.56 Å². The molecule has 0 aliphatic carbocycles. The highest BCUT2D eigenvalue weighted by atomic mass is 16.5. The summed E-state index contributed by atoms with van der Waals surface area (Å²) in [6.45, 7) is 5.73. The van der Waals surface area contributed by atoms with Crippen LogP contribution in [0.4, 0.5) is 4.79 Å². The molecule has 0 aromatic heterocycles. The number of rotatable bonds is 6. The summed E-state index contributed by atoms with van der Waals surface area (Å²) in [6, 6.07) is 6.06. The fraction of sp³-hybridized carbons (Fsp3) is 0.438. The van der Waals surface area contributed by atoms with Crippen LogP contribution in [0.1, 0.15) is 36.7 Å². The summed E-state index contributed by atoms with van der Waals surface area (Å²) in [6.07, 6.45) is -0.955. The fourth-order valence-electron chi connectivity index (χ4n) is 1.56. The number of hydrogen-bond acceptors (Lipinski definition) is 5. The summed E-state index contributed by atoms with van der Waals surface area (Å²) in [5, 5.41) is 4.28. The molecule has 126 valence electrons. The largest absolute Gasteiger partial charge is 0.449 e. The lowest BCUT2D eigenvalue weighted by Crippen LogP contribution is -2.43. The van der Waals surface area contributed by atoms with Gasteiger partial charge in [-0.1, -0.05) is 12.1 Å². The number of imide groups is 1. The second kappa shape index (κ2) is 8.89. The molecule has 1 rings (SSSR count). The molecule has 1 atom stereocenters. The highest BCUT2D eigenvalue weighted by Gasteiger charge is 2.20. The Bertz CT molecular complexity index is 554. The fourth-order valence-corrected chi connectivity index (χ4v) is 1.56. The van der Waals surface area contributed by atoms with Gasteiger partial charge in [0.1, 0.15) is 0 Å². The first-order chi connectivity index (χ1) is 10.8. The Hall–Kier alpha value is -2.41. The molecule has 0 heterocycles. The third kappa shape index (κ3) is 6.48. The number of hydrogen-bond donors (Lipinski definition) is 2. The van der Waals surface area contributed by atoms with Gasteiger partial charge in [0, 0.05) is 7.05 Å². The molecule has 1 aromatic rings. The third-order valence-corrected chi connectivity index (χ3v) is 2.89. The second-order valence-corrected chi connectivity index (χ2v) is 5.17. The summed E-state index contributed by atoms with van der Waals surface area (Å²) >= 11 is 0. The molecule has 1 aromatic carbocycles. The predicted molar refractivity (Wildman–Crippen MR) is 83.8 cm³/mol. The van der Waals surface area contributed by atoms with Gasteiger partial charge in [-0.3, -0.25) is 10.1 Å². The number of ether oxygens (including phenoxy) is 2. The molecule has 0 saturated heterocycles. The Kier molecular flexibility index (Phi) is 7.21. The number of benzene rings is 1. The van der Waals surface area contributed by atoms with E-state index in [9.17, 15) is 14.4 Å². The Labute approximate surface area is 135 Å². The van der Waals surface area contributed by atoms with Crippen LogP contribution in [-0.2, 0) is 20.9 Å². The summed E-state index contributed by atoms with van der Waals surface area (Å²) in [5.41, 5.74) is 1.25. The molecule has 7 nitrogen and oxygen atoms in total. The molecular weight excluding hydrogens is 300 g/mol. The van der Waals surface area contributed by atoms with E-state index in [2.05, 4.69) is 5.32 Å². The van der Waals surface area contributed by atoms with Crippen LogP contribution in [-0.4, -0.2) is 37.2 Å². The minimum Gasteiger partial charge on any atom is -0.449 e. The van der Waals surface area contributed by atoms with Crippen LogP contribution in [0, 0.1) is 0 Å². The summed E-state index contributed by atoms with van der Waals surface area (Å²) < 4.78 is 10.5. The molecular formula is C16H22N2O5. The average Bonchev–Trinajstić information content (AvgIpc) is 2.52. The van der Waals surface area contributed by atoms with Crippen molar-refractivity contribution >= 4 is 17.9 Å². The van der Waals surface area contributed by atoms with Crippen molar-refractivity contribution in [3.8, 4) is 0 Å². The van der Waals surface area contributed by atoms with Gasteiger partial charge < -0.3 is 14.8 Å². The zero-order valence-corrected chi connectivity index (χ0v) is 13.7. The van der Waals surface area contributed by atoms with Crippen molar-refractivity contribution in [3.63, 3.8) is 0 Å². The van der Waals surface area contributed by atoms with E-state index in [4.69, 9.17) is 9.47 Å². The van der Waals surface area contributed by atoms with Crippen LogP contribution in [0.3, 0.4) is 0 Å². The van der Waals surface area contributed by atoms with E-state index < -0.39 is 24.0 Å². The SMILES string of the molecule is CNC(=O)NC(=O)[C@H](C)OC(=O)c1ccc(COC(C)C)cc1. The van der Waals surface area contributed by atoms with E-state index in [1.165, 1.54) is 14.0 Å². The Morgan fingerprint density at radius 2 is 1.70 bits per heavy atom. The molecule has 0 aliphatic rings. The van der Waals surface area contributed by atoms with Gasteiger partial charge >= 0.3 is 12.0 Å². The topological polar surface area (TPSA) is 93.7 Å². The minimum atomic E-state index is -1.08. The predicted octanol–water partition coefficient (Wildman–Crippen LogP) is 1.61. The van der Waals surface area contributed by atoms with Crippen LogP contribution < -0.4 is 10.6 Å². The Balaban J connectivity index is 2.57. The summed E-state index contributed by atoms with van der Waals surface area (Å²) in [7, 11) is 1.38. The van der Waals surface area contributed by atoms with Gasteiger partial charge in [-0.15, -0.1) is 0 Å². The van der Waals surface area contributed by atoms with Gasteiger partial charge in [0.15, 0.2) is 6.10 Å². The summed E-state index contributed by atoms with van der Waals surface area (Å²) in [4.78, 5) is 34.6. The van der Waals surface area contributed by atoms with Crippen LogP contribution >= 0.6 is 0 Å². The van der Waals surface area contributed by atoms with Gasteiger partial charge in [-0.2, -0.15) is 0 Å². The number of carbonyl (C=O) groups is 3. The standard InChI is InChI=1S/C16H22N2O5/c1-10(2)22-9-12-5-7-13(8-6-12)15(20)23-11(3)14(19)18-16(21)17-4/h5-8,10-11H,9H2,1-4H3,(H2,17,18,19,21)/t11-/m0/s1. The average molecular weight is 322 g/mol. The van der Waals surface area contributed by atoms with E-state index in [0.29, 0.717) is 12.2 Å². The number of carbonyl (C=O) groups excluding carboxylic acids is 3. The first-order valence-corrected chi connectivity index (χ1v) is 7.27. The van der Waals surface area contributed by atoms with Gasteiger partial charge in [-0.25, -0.2) is 9.59 Å². The van der Waals surface area contributed by atoms with Gasteiger partial charge in [0.25, 0.3) is 5.91 Å². The van der Waals surface area contributed by atoms with Gasteiger partial charge in [0.2, 0.25) is 0 Å².